The molecule has 6 nitrogen and oxygen atoms in total. The Hall–Kier alpha value is -2.64. The number of benzene rings is 2. The van der Waals surface area contributed by atoms with Crippen molar-refractivity contribution in [3.8, 4) is 11.5 Å². The van der Waals surface area contributed by atoms with Crippen molar-refractivity contribution in [3.63, 3.8) is 0 Å². The van der Waals surface area contributed by atoms with Crippen LogP contribution in [-0.4, -0.2) is 25.1 Å². The second-order valence-corrected chi connectivity index (χ2v) is 8.78. The largest absolute Gasteiger partial charge is 0.444 e. The molecule has 0 fully saturated rings. The summed E-state index contributed by atoms with van der Waals surface area (Å²) < 4.78 is 30.0. The van der Waals surface area contributed by atoms with E-state index in [9.17, 15) is 13.2 Å². The van der Waals surface area contributed by atoms with Crippen molar-refractivity contribution in [1.82, 2.24) is 4.98 Å². The number of halogens is 1. The lowest BCUT2D eigenvalue weighted by atomic mass is 10.1. The Bertz CT molecular complexity index is 1060. The van der Waals surface area contributed by atoms with E-state index in [0.717, 1.165) is 12.0 Å². The van der Waals surface area contributed by atoms with Crippen molar-refractivity contribution < 1.29 is 17.6 Å². The SMILES string of the molecule is CCc1ccc(NC(=O)CS(=O)(=O)Cc2coc(-c3ccc(Cl)cc3)n2)cc1. The van der Waals surface area contributed by atoms with E-state index in [2.05, 4.69) is 10.3 Å². The molecule has 0 aliphatic carbocycles. The van der Waals surface area contributed by atoms with Crippen LogP contribution in [0.4, 0.5) is 5.69 Å². The van der Waals surface area contributed by atoms with Gasteiger partial charge < -0.3 is 9.73 Å². The average molecular weight is 419 g/mol. The molecule has 1 amide bonds. The first kappa shape index (κ1) is 20.1. The van der Waals surface area contributed by atoms with Gasteiger partial charge in [-0.25, -0.2) is 13.4 Å². The number of amides is 1. The van der Waals surface area contributed by atoms with Crippen LogP contribution in [0.5, 0.6) is 0 Å². The van der Waals surface area contributed by atoms with Crippen LogP contribution < -0.4 is 5.32 Å². The summed E-state index contributed by atoms with van der Waals surface area (Å²) in [5.74, 6) is -1.31. The summed E-state index contributed by atoms with van der Waals surface area (Å²) in [6.45, 7) is 2.03. The van der Waals surface area contributed by atoms with Gasteiger partial charge in [0.25, 0.3) is 0 Å². The van der Waals surface area contributed by atoms with Crippen molar-refractivity contribution in [2.24, 2.45) is 0 Å². The van der Waals surface area contributed by atoms with Gasteiger partial charge in [-0.15, -0.1) is 0 Å². The second-order valence-electron chi connectivity index (χ2n) is 6.28. The fourth-order valence-corrected chi connectivity index (χ4v) is 3.88. The maximum absolute atomic E-state index is 12.3. The monoisotopic (exact) mass is 418 g/mol. The summed E-state index contributed by atoms with van der Waals surface area (Å²) in [5.41, 5.74) is 2.61. The Balaban J connectivity index is 1.61. The predicted octanol–water partition coefficient (Wildman–Crippen LogP) is 4.11. The number of hydrogen-bond acceptors (Lipinski definition) is 5. The summed E-state index contributed by atoms with van der Waals surface area (Å²) in [6.07, 6.45) is 2.17. The molecule has 0 radical (unpaired) electrons. The third-order valence-corrected chi connectivity index (χ3v) is 5.70. The highest BCUT2D eigenvalue weighted by atomic mass is 35.5. The lowest BCUT2D eigenvalue weighted by Gasteiger charge is -2.06. The molecule has 1 heterocycles. The van der Waals surface area contributed by atoms with Crippen LogP contribution in [-0.2, 0) is 26.8 Å². The minimum Gasteiger partial charge on any atom is -0.444 e. The average Bonchev–Trinajstić information content (AvgIpc) is 3.10. The fourth-order valence-electron chi connectivity index (χ4n) is 2.60. The molecule has 28 heavy (non-hydrogen) atoms. The maximum Gasteiger partial charge on any atom is 0.239 e. The molecule has 8 heteroatoms. The molecular formula is C20H19ClN2O4S. The fraction of sp³-hybridized carbons (Fsp3) is 0.200. The molecule has 2 aromatic carbocycles. The van der Waals surface area contributed by atoms with E-state index in [1.165, 1.54) is 6.26 Å². The lowest BCUT2D eigenvalue weighted by Crippen LogP contribution is -2.24. The molecule has 0 aliphatic rings. The molecule has 0 saturated carbocycles. The standard InChI is InChI=1S/C20H19ClN2O4S/c1-2-14-3-9-17(10-4-14)22-19(24)13-28(25,26)12-18-11-27-20(23-18)15-5-7-16(21)8-6-15/h3-11H,2,12-13H2,1H3,(H,22,24). The summed E-state index contributed by atoms with van der Waals surface area (Å²) >= 11 is 5.84. The first-order chi connectivity index (χ1) is 13.3. The van der Waals surface area contributed by atoms with Gasteiger partial charge in [0.15, 0.2) is 9.84 Å². The summed E-state index contributed by atoms with van der Waals surface area (Å²) in [6, 6.07) is 14.1. The van der Waals surface area contributed by atoms with E-state index in [1.807, 2.05) is 19.1 Å². The van der Waals surface area contributed by atoms with Crippen LogP contribution in [0.2, 0.25) is 5.02 Å². The molecule has 0 bridgehead atoms. The van der Waals surface area contributed by atoms with Gasteiger partial charge >= 0.3 is 0 Å². The maximum atomic E-state index is 12.3. The molecule has 0 saturated heterocycles. The third kappa shape index (κ3) is 5.43. The third-order valence-electron chi connectivity index (χ3n) is 4.01. The predicted molar refractivity (Wildman–Crippen MR) is 109 cm³/mol. The summed E-state index contributed by atoms with van der Waals surface area (Å²) in [4.78, 5) is 16.3. The Labute approximate surface area is 168 Å². The number of carbonyl (C=O) groups is 1. The molecule has 1 N–H and O–H groups in total. The molecule has 0 aliphatic heterocycles. The van der Waals surface area contributed by atoms with Gasteiger partial charge in [-0.1, -0.05) is 30.7 Å². The van der Waals surface area contributed by atoms with Crippen LogP contribution in [0.3, 0.4) is 0 Å². The van der Waals surface area contributed by atoms with Gasteiger partial charge in [0.05, 0.1) is 11.4 Å². The van der Waals surface area contributed by atoms with Gasteiger partial charge in [0.2, 0.25) is 11.8 Å². The topological polar surface area (TPSA) is 89.3 Å². The number of sulfone groups is 1. The van der Waals surface area contributed by atoms with Crippen molar-refractivity contribution in [3.05, 3.63) is 71.1 Å². The number of nitrogens with one attached hydrogen (secondary N) is 1. The van der Waals surface area contributed by atoms with E-state index in [4.69, 9.17) is 16.0 Å². The zero-order valence-electron chi connectivity index (χ0n) is 15.2. The minimum absolute atomic E-state index is 0.241. The number of rotatable bonds is 7. The zero-order valence-corrected chi connectivity index (χ0v) is 16.8. The van der Waals surface area contributed by atoms with Gasteiger partial charge in [0, 0.05) is 16.3 Å². The number of aromatic nitrogens is 1. The second kappa shape index (κ2) is 8.58. The summed E-state index contributed by atoms with van der Waals surface area (Å²) in [5, 5.41) is 3.17. The molecule has 3 aromatic rings. The number of oxazole rings is 1. The first-order valence-electron chi connectivity index (χ1n) is 8.64. The molecule has 146 valence electrons. The molecule has 1 aromatic heterocycles. The van der Waals surface area contributed by atoms with Gasteiger partial charge in [-0.2, -0.15) is 0 Å². The molecule has 0 atom stereocenters. The van der Waals surface area contributed by atoms with Gasteiger partial charge in [0.1, 0.15) is 12.0 Å². The molecular weight excluding hydrogens is 400 g/mol. The Morgan fingerprint density at radius 2 is 1.79 bits per heavy atom. The Morgan fingerprint density at radius 1 is 1.11 bits per heavy atom. The van der Waals surface area contributed by atoms with Gasteiger partial charge in [-0.3, -0.25) is 4.79 Å². The minimum atomic E-state index is -3.70. The highest BCUT2D eigenvalue weighted by Crippen LogP contribution is 2.21. The smallest absolute Gasteiger partial charge is 0.239 e. The van der Waals surface area contributed by atoms with Crippen LogP contribution in [0.25, 0.3) is 11.5 Å². The van der Waals surface area contributed by atoms with Gasteiger partial charge in [-0.05, 0) is 48.4 Å². The normalized spacial score (nSPS) is 11.4. The van der Waals surface area contributed by atoms with Crippen molar-refractivity contribution >= 4 is 33.0 Å². The van der Waals surface area contributed by atoms with E-state index in [1.54, 1.807) is 36.4 Å². The lowest BCUT2D eigenvalue weighted by molar-refractivity contribution is -0.113. The Morgan fingerprint density at radius 3 is 2.43 bits per heavy atom. The van der Waals surface area contributed by atoms with E-state index >= 15 is 0 Å². The number of nitrogens with zero attached hydrogens (tertiary/aromatic N) is 1. The van der Waals surface area contributed by atoms with Crippen LogP contribution in [0.15, 0.2) is 59.2 Å². The summed E-state index contributed by atoms with van der Waals surface area (Å²) in [7, 11) is -3.70. The quantitative estimate of drug-likeness (QED) is 0.623. The van der Waals surface area contributed by atoms with E-state index < -0.39 is 21.5 Å². The highest BCUT2D eigenvalue weighted by Gasteiger charge is 2.20. The number of anilines is 1. The van der Waals surface area contributed by atoms with E-state index in [-0.39, 0.29) is 11.4 Å². The number of aryl methyl sites for hydroxylation is 1. The van der Waals surface area contributed by atoms with Crippen molar-refractivity contribution in [2.75, 3.05) is 11.1 Å². The number of carbonyl (C=O) groups excluding carboxylic acids is 1. The Kier molecular flexibility index (Phi) is 6.16. The first-order valence-corrected chi connectivity index (χ1v) is 10.8. The molecule has 3 rings (SSSR count). The van der Waals surface area contributed by atoms with Crippen molar-refractivity contribution in [1.29, 1.82) is 0 Å². The molecule has 0 unspecified atom stereocenters. The number of hydrogen-bond donors (Lipinski definition) is 1. The zero-order chi connectivity index (χ0) is 20.1. The molecule has 0 spiro atoms. The van der Waals surface area contributed by atoms with Crippen LogP contribution in [0.1, 0.15) is 18.2 Å². The highest BCUT2D eigenvalue weighted by molar-refractivity contribution is 7.91. The van der Waals surface area contributed by atoms with Crippen LogP contribution >= 0.6 is 11.6 Å². The van der Waals surface area contributed by atoms with Crippen molar-refractivity contribution in [2.45, 2.75) is 19.1 Å². The van der Waals surface area contributed by atoms with E-state index in [0.29, 0.717) is 22.2 Å². The van der Waals surface area contributed by atoms with Crippen LogP contribution in [0, 0.1) is 0 Å².